The maximum atomic E-state index is 5.56. The lowest BCUT2D eigenvalue weighted by Gasteiger charge is -2.14. The van der Waals surface area contributed by atoms with Crippen molar-refractivity contribution in [3.8, 4) is 0 Å². The van der Waals surface area contributed by atoms with Crippen LogP contribution in [0.25, 0.3) is 0 Å². The lowest BCUT2D eigenvalue weighted by atomic mass is 10.2. The Morgan fingerprint density at radius 3 is 2.45 bits per heavy atom. The van der Waals surface area contributed by atoms with Crippen LogP contribution in [0, 0.1) is 13.8 Å². The molecule has 2 aromatic rings. The molecule has 0 atom stereocenters. The van der Waals surface area contributed by atoms with Crippen LogP contribution < -0.4 is 16.6 Å². The van der Waals surface area contributed by atoms with Gasteiger partial charge in [0.1, 0.15) is 17.5 Å². The minimum absolute atomic E-state index is 0.486. The molecule has 0 spiro atoms. The summed E-state index contributed by atoms with van der Waals surface area (Å²) in [6, 6.07) is 8.15. The Morgan fingerprint density at radius 1 is 1.10 bits per heavy atom. The number of aromatic nitrogens is 2. The van der Waals surface area contributed by atoms with Gasteiger partial charge in [-0.3, -0.25) is 0 Å². The number of anilines is 3. The number of benzene rings is 1. The molecule has 1 aromatic carbocycles. The van der Waals surface area contributed by atoms with Gasteiger partial charge in [0.2, 0.25) is 0 Å². The number of aryl methyl sites for hydroxylation is 1. The molecule has 5 nitrogen and oxygen atoms in total. The predicted molar refractivity (Wildman–Crippen MR) is 81.0 cm³/mol. The fourth-order valence-electron chi connectivity index (χ4n) is 2.16. The summed E-state index contributed by atoms with van der Waals surface area (Å²) in [7, 11) is 0. The van der Waals surface area contributed by atoms with Crippen molar-refractivity contribution in [1.29, 1.82) is 0 Å². The minimum Gasteiger partial charge on any atom is -0.340 e. The van der Waals surface area contributed by atoms with Gasteiger partial charge in [-0.1, -0.05) is 18.2 Å². The highest BCUT2D eigenvalue weighted by Gasteiger charge is 2.28. The third kappa shape index (κ3) is 2.44. The Bertz CT molecular complexity index is 634. The summed E-state index contributed by atoms with van der Waals surface area (Å²) < 4.78 is 0. The van der Waals surface area contributed by atoms with E-state index >= 15 is 0 Å². The summed E-state index contributed by atoms with van der Waals surface area (Å²) in [5.41, 5.74) is 5.83. The fraction of sp³-hybridized carbons (Fsp3) is 0.333. The molecule has 20 heavy (non-hydrogen) atoms. The van der Waals surface area contributed by atoms with E-state index < -0.39 is 0 Å². The van der Waals surface area contributed by atoms with Crippen molar-refractivity contribution in [2.75, 3.05) is 10.7 Å². The van der Waals surface area contributed by atoms with E-state index in [9.17, 15) is 0 Å². The van der Waals surface area contributed by atoms with Crippen LogP contribution in [0.15, 0.2) is 24.3 Å². The third-order valence-electron chi connectivity index (χ3n) is 3.64. The molecule has 104 valence electrons. The zero-order chi connectivity index (χ0) is 14.1. The number of hydrogen-bond acceptors (Lipinski definition) is 5. The summed E-state index contributed by atoms with van der Waals surface area (Å²) >= 11 is 0. The van der Waals surface area contributed by atoms with Crippen molar-refractivity contribution in [3.05, 3.63) is 41.2 Å². The van der Waals surface area contributed by atoms with Gasteiger partial charge < -0.3 is 10.7 Å². The highest BCUT2D eigenvalue weighted by Crippen LogP contribution is 2.39. The van der Waals surface area contributed by atoms with Gasteiger partial charge in [0, 0.05) is 17.2 Å². The molecule has 0 saturated heterocycles. The largest absolute Gasteiger partial charge is 0.340 e. The summed E-state index contributed by atoms with van der Waals surface area (Å²) in [5.74, 6) is 8.44. The smallest absolute Gasteiger partial charge is 0.148 e. The number of para-hydroxylation sites is 1. The third-order valence-corrected chi connectivity index (χ3v) is 3.64. The second kappa shape index (κ2) is 5.09. The first-order chi connectivity index (χ1) is 9.69. The molecule has 5 heteroatoms. The molecule has 0 bridgehead atoms. The Hall–Kier alpha value is -2.14. The average Bonchev–Trinajstić information content (AvgIpc) is 3.28. The van der Waals surface area contributed by atoms with Crippen LogP contribution in [0.3, 0.4) is 0 Å². The Labute approximate surface area is 118 Å². The highest BCUT2D eigenvalue weighted by atomic mass is 15.3. The molecule has 1 aromatic heterocycles. The van der Waals surface area contributed by atoms with Crippen molar-refractivity contribution in [2.45, 2.75) is 32.6 Å². The van der Waals surface area contributed by atoms with Crippen LogP contribution >= 0.6 is 0 Å². The number of nitrogen functional groups attached to an aromatic ring is 1. The average molecular weight is 269 g/mol. The Balaban J connectivity index is 1.99. The van der Waals surface area contributed by atoms with Gasteiger partial charge in [-0.05, 0) is 38.3 Å². The van der Waals surface area contributed by atoms with Crippen LogP contribution in [0.2, 0.25) is 0 Å². The molecule has 1 heterocycles. The van der Waals surface area contributed by atoms with Gasteiger partial charge >= 0.3 is 0 Å². The van der Waals surface area contributed by atoms with E-state index in [1.54, 1.807) is 0 Å². The normalized spacial score (nSPS) is 14.2. The second-order valence-electron chi connectivity index (χ2n) is 5.26. The number of nitrogens with two attached hydrogens (primary N) is 1. The molecule has 0 amide bonds. The lowest BCUT2D eigenvalue weighted by Crippen LogP contribution is -2.14. The monoisotopic (exact) mass is 269 g/mol. The van der Waals surface area contributed by atoms with Crippen LogP contribution in [-0.4, -0.2) is 9.97 Å². The molecule has 4 N–H and O–H groups in total. The first-order valence-electron chi connectivity index (χ1n) is 6.87. The Morgan fingerprint density at radius 2 is 1.80 bits per heavy atom. The lowest BCUT2D eigenvalue weighted by molar-refractivity contribution is 0.920. The zero-order valence-electron chi connectivity index (χ0n) is 11.8. The molecule has 1 aliphatic rings. The van der Waals surface area contributed by atoms with Crippen molar-refractivity contribution >= 4 is 17.3 Å². The Kier molecular flexibility index (Phi) is 3.28. The zero-order valence-corrected chi connectivity index (χ0v) is 11.8. The van der Waals surface area contributed by atoms with Crippen molar-refractivity contribution in [3.63, 3.8) is 0 Å². The number of nitrogens with zero attached hydrogens (tertiary/aromatic N) is 2. The van der Waals surface area contributed by atoms with Crippen LogP contribution in [0.5, 0.6) is 0 Å². The topological polar surface area (TPSA) is 75.9 Å². The quantitative estimate of drug-likeness (QED) is 0.587. The maximum absolute atomic E-state index is 5.56. The number of nitrogens with one attached hydrogen (secondary N) is 2. The summed E-state index contributed by atoms with van der Waals surface area (Å²) in [6.07, 6.45) is 2.33. The molecular weight excluding hydrogens is 250 g/mol. The van der Waals surface area contributed by atoms with Crippen molar-refractivity contribution in [1.82, 2.24) is 9.97 Å². The fourth-order valence-corrected chi connectivity index (χ4v) is 2.16. The highest BCUT2D eigenvalue weighted by molar-refractivity contribution is 5.66. The molecular formula is C15H19N5. The van der Waals surface area contributed by atoms with E-state index in [4.69, 9.17) is 5.84 Å². The van der Waals surface area contributed by atoms with E-state index in [-0.39, 0.29) is 0 Å². The van der Waals surface area contributed by atoms with Gasteiger partial charge in [-0.25, -0.2) is 15.8 Å². The van der Waals surface area contributed by atoms with E-state index in [0.717, 1.165) is 35.7 Å². The van der Waals surface area contributed by atoms with Crippen molar-refractivity contribution in [2.24, 2.45) is 5.84 Å². The SMILES string of the molecule is Cc1ccccc1Nc1nc(C2CC2)nc(NN)c1C. The standard InChI is InChI=1S/C15H19N5/c1-9-5-3-4-6-12(9)17-13-10(2)14(20-16)19-15(18-13)11-7-8-11/h3-6,11H,7-8,16H2,1-2H3,(H2,17,18,19,20). The molecule has 1 saturated carbocycles. The molecule has 0 radical (unpaired) electrons. The van der Waals surface area contributed by atoms with Gasteiger partial charge in [-0.15, -0.1) is 0 Å². The first-order valence-corrected chi connectivity index (χ1v) is 6.87. The van der Waals surface area contributed by atoms with Gasteiger partial charge in [-0.2, -0.15) is 0 Å². The first kappa shape index (κ1) is 12.9. The van der Waals surface area contributed by atoms with Crippen LogP contribution in [0.1, 0.15) is 35.7 Å². The van der Waals surface area contributed by atoms with Gasteiger partial charge in [0.25, 0.3) is 0 Å². The maximum Gasteiger partial charge on any atom is 0.148 e. The molecule has 0 unspecified atom stereocenters. The summed E-state index contributed by atoms with van der Waals surface area (Å²) in [4.78, 5) is 9.15. The molecule has 1 fully saturated rings. The second-order valence-corrected chi connectivity index (χ2v) is 5.26. The predicted octanol–water partition coefficient (Wildman–Crippen LogP) is 3.00. The van der Waals surface area contributed by atoms with E-state index in [1.807, 2.05) is 25.1 Å². The summed E-state index contributed by atoms with van der Waals surface area (Å²) in [6.45, 7) is 4.04. The number of rotatable bonds is 4. The van der Waals surface area contributed by atoms with Crippen LogP contribution in [0.4, 0.5) is 17.3 Å². The number of hydrogen-bond donors (Lipinski definition) is 3. The minimum atomic E-state index is 0.486. The summed E-state index contributed by atoms with van der Waals surface area (Å²) in [5, 5.41) is 3.39. The van der Waals surface area contributed by atoms with E-state index in [1.165, 1.54) is 5.56 Å². The molecule has 1 aliphatic carbocycles. The molecule has 0 aliphatic heterocycles. The van der Waals surface area contributed by atoms with E-state index in [0.29, 0.717) is 11.7 Å². The van der Waals surface area contributed by atoms with Crippen molar-refractivity contribution < 1.29 is 0 Å². The van der Waals surface area contributed by atoms with Gasteiger partial charge in [0.15, 0.2) is 0 Å². The van der Waals surface area contributed by atoms with E-state index in [2.05, 4.69) is 33.7 Å². The van der Waals surface area contributed by atoms with Gasteiger partial charge in [0.05, 0.1) is 0 Å². The van der Waals surface area contributed by atoms with Crippen LogP contribution in [-0.2, 0) is 0 Å². The number of hydrazine groups is 1. The molecule has 3 rings (SSSR count).